The van der Waals surface area contributed by atoms with E-state index in [0.29, 0.717) is 22.0 Å². The standard InChI is InChI=1S/C25H25ClN4O5/c1-5-35-25(33)17-6-8-19(9-7-17)28-23(31)24(32)29-27-14-18-12-15(2)30(16(18)3)20-10-11-22(34-4)21(26)13-20/h6-14H,5H2,1-4H3,(H,28,31)(H,29,32)/b27-14-. The van der Waals surface area contributed by atoms with Crippen LogP contribution < -0.4 is 15.5 Å². The Bertz CT molecular complexity index is 1280. The van der Waals surface area contributed by atoms with Gasteiger partial charge in [-0.15, -0.1) is 0 Å². The van der Waals surface area contributed by atoms with Gasteiger partial charge in [0.05, 0.1) is 30.5 Å². The first-order valence-corrected chi connectivity index (χ1v) is 11.1. The summed E-state index contributed by atoms with van der Waals surface area (Å²) in [6.45, 7) is 5.81. The van der Waals surface area contributed by atoms with E-state index < -0.39 is 17.8 Å². The van der Waals surface area contributed by atoms with Crippen molar-refractivity contribution in [1.29, 1.82) is 0 Å². The number of carbonyl (C=O) groups is 3. The van der Waals surface area contributed by atoms with Crippen LogP contribution in [0.15, 0.2) is 53.6 Å². The Morgan fingerprint density at radius 3 is 2.40 bits per heavy atom. The number of hydrazone groups is 1. The van der Waals surface area contributed by atoms with E-state index in [4.69, 9.17) is 21.1 Å². The Hall–Kier alpha value is -4.11. The minimum Gasteiger partial charge on any atom is -0.495 e. The summed E-state index contributed by atoms with van der Waals surface area (Å²) in [6, 6.07) is 13.4. The van der Waals surface area contributed by atoms with Gasteiger partial charge in [-0.2, -0.15) is 5.10 Å². The van der Waals surface area contributed by atoms with Gasteiger partial charge in [0.25, 0.3) is 0 Å². The molecule has 9 nitrogen and oxygen atoms in total. The first kappa shape index (κ1) is 25.5. The SMILES string of the molecule is CCOC(=O)c1ccc(NC(=O)C(=O)N/N=C\c2cc(C)n(-c3ccc(OC)c(Cl)c3)c2C)cc1. The molecule has 10 heteroatoms. The van der Waals surface area contributed by atoms with E-state index in [9.17, 15) is 14.4 Å². The summed E-state index contributed by atoms with van der Waals surface area (Å²) in [4.78, 5) is 36.0. The summed E-state index contributed by atoms with van der Waals surface area (Å²) in [6.07, 6.45) is 1.46. The Labute approximate surface area is 207 Å². The molecule has 2 aromatic carbocycles. The van der Waals surface area contributed by atoms with Crippen LogP contribution in [0.3, 0.4) is 0 Å². The minimum absolute atomic E-state index is 0.262. The zero-order chi connectivity index (χ0) is 25.5. The second-order valence-corrected chi connectivity index (χ2v) is 7.84. The van der Waals surface area contributed by atoms with Crippen molar-refractivity contribution in [1.82, 2.24) is 9.99 Å². The van der Waals surface area contributed by atoms with Crippen molar-refractivity contribution in [3.63, 3.8) is 0 Å². The van der Waals surface area contributed by atoms with Gasteiger partial charge in [0.2, 0.25) is 0 Å². The number of hydrogen-bond acceptors (Lipinski definition) is 6. The number of methoxy groups -OCH3 is 1. The first-order valence-electron chi connectivity index (χ1n) is 10.7. The van der Waals surface area contributed by atoms with Crippen LogP contribution in [0.5, 0.6) is 5.75 Å². The van der Waals surface area contributed by atoms with E-state index in [1.54, 1.807) is 26.2 Å². The third-order valence-electron chi connectivity index (χ3n) is 5.09. The molecule has 0 bridgehead atoms. The van der Waals surface area contributed by atoms with Gasteiger partial charge in [0.1, 0.15) is 5.75 Å². The molecule has 0 aliphatic carbocycles. The van der Waals surface area contributed by atoms with Gasteiger partial charge >= 0.3 is 17.8 Å². The molecular formula is C25H25ClN4O5. The molecular weight excluding hydrogens is 472 g/mol. The Kier molecular flexibility index (Phi) is 8.27. The van der Waals surface area contributed by atoms with Gasteiger partial charge in [-0.1, -0.05) is 11.6 Å². The summed E-state index contributed by atoms with van der Waals surface area (Å²) < 4.78 is 12.1. The van der Waals surface area contributed by atoms with Crippen LogP contribution in [0.1, 0.15) is 34.2 Å². The van der Waals surface area contributed by atoms with Crippen molar-refractivity contribution < 1.29 is 23.9 Å². The highest BCUT2D eigenvalue weighted by molar-refractivity contribution is 6.39. The predicted molar refractivity (Wildman–Crippen MR) is 134 cm³/mol. The monoisotopic (exact) mass is 496 g/mol. The number of nitrogens with zero attached hydrogens (tertiary/aromatic N) is 2. The zero-order valence-electron chi connectivity index (χ0n) is 19.7. The van der Waals surface area contributed by atoms with Crippen LogP contribution in [-0.2, 0) is 14.3 Å². The molecule has 0 aliphatic rings. The fraction of sp³-hybridized carbons (Fsp3) is 0.200. The molecule has 182 valence electrons. The molecule has 0 unspecified atom stereocenters. The van der Waals surface area contributed by atoms with Crippen molar-refractivity contribution in [2.45, 2.75) is 20.8 Å². The topological polar surface area (TPSA) is 111 Å². The number of rotatable bonds is 7. The molecule has 1 heterocycles. The number of benzene rings is 2. The van der Waals surface area contributed by atoms with Crippen molar-refractivity contribution in [3.8, 4) is 11.4 Å². The Balaban J connectivity index is 1.63. The lowest BCUT2D eigenvalue weighted by Crippen LogP contribution is -2.32. The summed E-state index contributed by atoms with van der Waals surface area (Å²) in [7, 11) is 1.55. The second-order valence-electron chi connectivity index (χ2n) is 7.43. The average molecular weight is 497 g/mol. The second kappa shape index (κ2) is 11.3. The third kappa shape index (κ3) is 6.07. The number of ether oxygens (including phenoxy) is 2. The number of nitrogens with one attached hydrogen (secondary N) is 2. The van der Waals surface area contributed by atoms with E-state index in [-0.39, 0.29) is 6.61 Å². The predicted octanol–water partition coefficient (Wildman–Crippen LogP) is 4.02. The minimum atomic E-state index is -0.938. The van der Waals surface area contributed by atoms with Gasteiger partial charge in [-0.25, -0.2) is 10.2 Å². The maximum Gasteiger partial charge on any atom is 0.338 e. The quantitative estimate of drug-likeness (QED) is 0.222. The lowest BCUT2D eigenvalue weighted by atomic mass is 10.2. The number of hydrogen-bond donors (Lipinski definition) is 2. The van der Waals surface area contributed by atoms with Gasteiger partial charge < -0.3 is 19.4 Å². The molecule has 2 N–H and O–H groups in total. The number of esters is 1. The van der Waals surface area contributed by atoms with Crippen molar-refractivity contribution in [2.24, 2.45) is 5.10 Å². The summed E-state index contributed by atoms with van der Waals surface area (Å²) in [5.41, 5.74) is 6.31. The number of halogens is 1. The molecule has 0 fully saturated rings. The van der Waals surface area contributed by atoms with E-state index in [1.165, 1.54) is 30.5 Å². The maximum atomic E-state index is 12.2. The molecule has 3 aromatic rings. The molecule has 0 atom stereocenters. The molecule has 1 aromatic heterocycles. The van der Waals surface area contributed by atoms with Gasteiger partial charge in [-0.3, -0.25) is 9.59 Å². The van der Waals surface area contributed by atoms with Gasteiger partial charge in [0, 0.05) is 28.3 Å². The Morgan fingerprint density at radius 2 is 1.77 bits per heavy atom. The number of carbonyl (C=O) groups excluding carboxylic acids is 3. The van der Waals surface area contributed by atoms with Crippen molar-refractivity contribution in [2.75, 3.05) is 19.0 Å². The van der Waals surface area contributed by atoms with Crippen LogP contribution >= 0.6 is 11.6 Å². The maximum absolute atomic E-state index is 12.2. The molecule has 35 heavy (non-hydrogen) atoms. The lowest BCUT2D eigenvalue weighted by Gasteiger charge is -2.11. The van der Waals surface area contributed by atoms with Crippen molar-refractivity contribution >= 4 is 41.3 Å². The van der Waals surface area contributed by atoms with E-state index >= 15 is 0 Å². The first-order chi connectivity index (χ1) is 16.7. The number of amides is 2. The normalized spacial score (nSPS) is 10.8. The highest BCUT2D eigenvalue weighted by atomic mass is 35.5. The van der Waals surface area contributed by atoms with Crippen LogP contribution in [0, 0.1) is 13.8 Å². The zero-order valence-corrected chi connectivity index (χ0v) is 20.5. The third-order valence-corrected chi connectivity index (χ3v) is 5.39. The largest absolute Gasteiger partial charge is 0.495 e. The molecule has 3 rings (SSSR count). The van der Waals surface area contributed by atoms with E-state index in [2.05, 4.69) is 15.8 Å². The van der Waals surface area contributed by atoms with Gasteiger partial charge in [0.15, 0.2) is 0 Å². The van der Waals surface area contributed by atoms with E-state index in [0.717, 1.165) is 22.6 Å². The highest BCUT2D eigenvalue weighted by Crippen LogP contribution is 2.29. The summed E-state index contributed by atoms with van der Waals surface area (Å²) in [5.74, 6) is -1.72. The van der Waals surface area contributed by atoms with Crippen LogP contribution in [0.2, 0.25) is 5.02 Å². The number of aromatic nitrogens is 1. The van der Waals surface area contributed by atoms with E-state index in [1.807, 2.05) is 30.5 Å². The summed E-state index contributed by atoms with van der Waals surface area (Å²) in [5, 5.41) is 6.84. The van der Waals surface area contributed by atoms with Gasteiger partial charge in [-0.05, 0) is 69.3 Å². The van der Waals surface area contributed by atoms with Crippen LogP contribution in [0.25, 0.3) is 5.69 Å². The molecule has 0 saturated heterocycles. The van der Waals surface area contributed by atoms with Crippen LogP contribution in [-0.4, -0.2) is 42.3 Å². The van der Waals surface area contributed by atoms with Crippen LogP contribution in [0.4, 0.5) is 5.69 Å². The lowest BCUT2D eigenvalue weighted by molar-refractivity contribution is -0.136. The Morgan fingerprint density at radius 1 is 1.06 bits per heavy atom. The molecule has 0 radical (unpaired) electrons. The fourth-order valence-electron chi connectivity index (χ4n) is 3.41. The summed E-state index contributed by atoms with van der Waals surface area (Å²) >= 11 is 6.26. The molecule has 0 aliphatic heterocycles. The molecule has 0 spiro atoms. The smallest absolute Gasteiger partial charge is 0.338 e. The number of anilines is 1. The molecule has 2 amide bonds. The highest BCUT2D eigenvalue weighted by Gasteiger charge is 2.15. The number of aryl methyl sites for hydroxylation is 1. The average Bonchev–Trinajstić information content (AvgIpc) is 3.12. The van der Waals surface area contributed by atoms with Crippen molar-refractivity contribution in [3.05, 3.63) is 76.1 Å². The fourth-order valence-corrected chi connectivity index (χ4v) is 3.67. The molecule has 0 saturated carbocycles.